The highest BCUT2D eigenvalue weighted by Crippen LogP contribution is 2.22. The van der Waals surface area contributed by atoms with E-state index in [1.165, 1.54) is 12.3 Å². The monoisotopic (exact) mass is 249 g/mol. The molecule has 92 valence electrons. The zero-order valence-corrected chi connectivity index (χ0v) is 10.2. The Bertz CT molecular complexity index is 675. The Balaban J connectivity index is 2.11. The van der Waals surface area contributed by atoms with Crippen LogP contribution in [0.5, 0.6) is 0 Å². The second-order valence-corrected chi connectivity index (χ2v) is 4.15. The Hall–Kier alpha value is -2.62. The molecule has 3 heterocycles. The second-order valence-electron chi connectivity index (χ2n) is 4.15. The van der Waals surface area contributed by atoms with E-state index in [0.29, 0.717) is 5.71 Å². The topological polar surface area (TPSA) is 55.2 Å². The van der Waals surface area contributed by atoms with E-state index in [9.17, 15) is 4.79 Å². The van der Waals surface area contributed by atoms with Crippen LogP contribution in [-0.4, -0.2) is 21.5 Å². The van der Waals surface area contributed by atoms with E-state index in [1.54, 1.807) is 12.4 Å². The summed E-state index contributed by atoms with van der Waals surface area (Å²) < 4.78 is 0. The number of hydrogen-bond acceptors (Lipinski definition) is 4. The Morgan fingerprint density at radius 1 is 1.00 bits per heavy atom. The SMILES string of the molecule is O=C1C=CN=C(c2ncccc2-c2ccccn2)C1. The minimum absolute atomic E-state index is 0.0441. The van der Waals surface area contributed by atoms with Crippen molar-refractivity contribution in [3.8, 4) is 11.3 Å². The van der Waals surface area contributed by atoms with Gasteiger partial charge in [-0.3, -0.25) is 19.8 Å². The third kappa shape index (κ3) is 2.33. The van der Waals surface area contributed by atoms with E-state index in [1.807, 2.05) is 30.3 Å². The maximum Gasteiger partial charge on any atom is 0.163 e. The van der Waals surface area contributed by atoms with Crippen LogP contribution in [0, 0.1) is 0 Å². The summed E-state index contributed by atoms with van der Waals surface area (Å²) >= 11 is 0. The Labute approximate surface area is 110 Å². The van der Waals surface area contributed by atoms with Gasteiger partial charge in [0.1, 0.15) is 0 Å². The molecule has 0 amide bonds. The molecule has 1 aliphatic rings. The number of ketones is 1. The molecule has 2 aromatic heterocycles. The highest BCUT2D eigenvalue weighted by Gasteiger charge is 2.16. The first-order valence-electron chi connectivity index (χ1n) is 5.97. The van der Waals surface area contributed by atoms with Gasteiger partial charge in [0.05, 0.1) is 23.5 Å². The molecule has 0 aromatic carbocycles. The molecule has 0 bridgehead atoms. The minimum Gasteiger partial charge on any atom is -0.294 e. The lowest BCUT2D eigenvalue weighted by molar-refractivity contribution is -0.113. The largest absolute Gasteiger partial charge is 0.294 e. The van der Waals surface area contributed by atoms with Crippen LogP contribution in [0.3, 0.4) is 0 Å². The summed E-state index contributed by atoms with van der Waals surface area (Å²) in [5.41, 5.74) is 3.13. The van der Waals surface area contributed by atoms with Crippen molar-refractivity contribution in [2.24, 2.45) is 4.99 Å². The first kappa shape index (κ1) is 11.5. The third-order valence-corrected chi connectivity index (χ3v) is 2.85. The quantitative estimate of drug-likeness (QED) is 0.821. The van der Waals surface area contributed by atoms with E-state index >= 15 is 0 Å². The zero-order valence-electron chi connectivity index (χ0n) is 10.2. The van der Waals surface area contributed by atoms with Crippen LogP contribution < -0.4 is 0 Å². The van der Waals surface area contributed by atoms with Crippen LogP contribution in [0.25, 0.3) is 11.3 Å². The van der Waals surface area contributed by atoms with Gasteiger partial charge in [-0.2, -0.15) is 0 Å². The predicted octanol–water partition coefficient (Wildman–Crippen LogP) is 2.42. The fourth-order valence-corrected chi connectivity index (χ4v) is 1.99. The number of allylic oxidation sites excluding steroid dienone is 1. The maximum atomic E-state index is 11.5. The number of nitrogens with zero attached hydrogens (tertiary/aromatic N) is 3. The molecular weight excluding hydrogens is 238 g/mol. The number of aliphatic imine (C=N–C) groups is 1. The van der Waals surface area contributed by atoms with Crippen molar-refractivity contribution in [2.45, 2.75) is 6.42 Å². The van der Waals surface area contributed by atoms with Crippen LogP contribution >= 0.6 is 0 Å². The first-order chi connectivity index (χ1) is 9.34. The van der Waals surface area contributed by atoms with Gasteiger partial charge in [0.2, 0.25) is 0 Å². The molecule has 0 N–H and O–H groups in total. The van der Waals surface area contributed by atoms with Crippen molar-refractivity contribution in [2.75, 3.05) is 0 Å². The molecule has 0 radical (unpaired) electrons. The van der Waals surface area contributed by atoms with Gasteiger partial charge in [-0.15, -0.1) is 0 Å². The van der Waals surface area contributed by atoms with Gasteiger partial charge < -0.3 is 0 Å². The molecule has 3 rings (SSSR count). The summed E-state index contributed by atoms with van der Waals surface area (Å²) in [7, 11) is 0. The van der Waals surface area contributed by atoms with E-state index in [2.05, 4.69) is 15.0 Å². The summed E-state index contributed by atoms with van der Waals surface area (Å²) in [5, 5.41) is 0. The lowest BCUT2D eigenvalue weighted by Gasteiger charge is -2.10. The number of hydrogen-bond donors (Lipinski definition) is 0. The van der Waals surface area contributed by atoms with Crippen LogP contribution in [0.4, 0.5) is 0 Å². The molecule has 1 aliphatic heterocycles. The number of aromatic nitrogens is 2. The van der Waals surface area contributed by atoms with Gasteiger partial charge in [0, 0.05) is 24.2 Å². The summed E-state index contributed by atoms with van der Waals surface area (Å²) in [6.07, 6.45) is 6.73. The summed E-state index contributed by atoms with van der Waals surface area (Å²) in [4.78, 5) is 24.4. The standard InChI is InChI=1S/C15H11N3O/c19-11-6-9-17-14(10-11)15-12(4-3-8-18-15)13-5-1-2-7-16-13/h1-9H,10H2. The number of carbonyl (C=O) groups excluding carboxylic acids is 1. The molecule has 0 unspecified atom stereocenters. The highest BCUT2D eigenvalue weighted by atomic mass is 16.1. The Kier molecular flexibility index (Phi) is 2.98. The van der Waals surface area contributed by atoms with Crippen molar-refractivity contribution in [3.05, 3.63) is 60.7 Å². The first-order valence-corrected chi connectivity index (χ1v) is 5.97. The summed E-state index contributed by atoms with van der Waals surface area (Å²) in [5.74, 6) is 0.0441. The van der Waals surface area contributed by atoms with Gasteiger partial charge in [-0.1, -0.05) is 6.07 Å². The van der Waals surface area contributed by atoms with Crippen LogP contribution in [-0.2, 0) is 4.79 Å². The molecule has 19 heavy (non-hydrogen) atoms. The zero-order chi connectivity index (χ0) is 13.1. The Morgan fingerprint density at radius 3 is 2.68 bits per heavy atom. The summed E-state index contributed by atoms with van der Waals surface area (Å²) in [6.45, 7) is 0. The fourth-order valence-electron chi connectivity index (χ4n) is 1.99. The molecule has 0 saturated heterocycles. The molecule has 4 nitrogen and oxygen atoms in total. The molecule has 0 fully saturated rings. The van der Waals surface area contributed by atoms with Gasteiger partial charge >= 0.3 is 0 Å². The van der Waals surface area contributed by atoms with E-state index in [4.69, 9.17) is 0 Å². The average Bonchev–Trinajstić information content (AvgIpc) is 2.48. The fraction of sp³-hybridized carbons (Fsp3) is 0.0667. The van der Waals surface area contributed by atoms with Crippen LogP contribution in [0.15, 0.2) is 60.0 Å². The third-order valence-electron chi connectivity index (χ3n) is 2.85. The van der Waals surface area contributed by atoms with Gasteiger partial charge in [0.15, 0.2) is 5.78 Å². The van der Waals surface area contributed by atoms with Crippen molar-refractivity contribution < 1.29 is 4.79 Å². The van der Waals surface area contributed by atoms with Crippen molar-refractivity contribution in [3.63, 3.8) is 0 Å². The van der Waals surface area contributed by atoms with E-state index in [-0.39, 0.29) is 12.2 Å². The predicted molar refractivity (Wildman–Crippen MR) is 72.8 cm³/mol. The summed E-state index contributed by atoms with van der Waals surface area (Å²) in [6, 6.07) is 9.50. The minimum atomic E-state index is 0.0441. The number of carbonyl (C=O) groups is 1. The average molecular weight is 249 g/mol. The number of pyridine rings is 2. The van der Waals surface area contributed by atoms with Gasteiger partial charge in [0.25, 0.3) is 0 Å². The molecule has 0 saturated carbocycles. The van der Waals surface area contributed by atoms with Crippen LogP contribution in [0.1, 0.15) is 12.1 Å². The van der Waals surface area contributed by atoms with Crippen molar-refractivity contribution in [1.82, 2.24) is 9.97 Å². The lowest BCUT2D eigenvalue weighted by Crippen LogP contribution is -2.13. The molecular formula is C15H11N3O. The molecule has 0 atom stereocenters. The maximum absolute atomic E-state index is 11.5. The van der Waals surface area contributed by atoms with Gasteiger partial charge in [-0.05, 0) is 30.3 Å². The van der Waals surface area contributed by atoms with Crippen molar-refractivity contribution in [1.29, 1.82) is 0 Å². The molecule has 2 aromatic rings. The smallest absolute Gasteiger partial charge is 0.163 e. The lowest BCUT2D eigenvalue weighted by atomic mass is 10.0. The normalized spacial score (nSPS) is 14.3. The van der Waals surface area contributed by atoms with Crippen molar-refractivity contribution >= 4 is 11.5 Å². The van der Waals surface area contributed by atoms with Crippen LogP contribution in [0.2, 0.25) is 0 Å². The van der Waals surface area contributed by atoms with Gasteiger partial charge in [-0.25, -0.2) is 0 Å². The molecule has 0 spiro atoms. The Morgan fingerprint density at radius 2 is 1.89 bits per heavy atom. The molecule has 0 aliphatic carbocycles. The second kappa shape index (κ2) is 4.94. The number of rotatable bonds is 2. The van der Waals surface area contributed by atoms with E-state index in [0.717, 1.165) is 17.0 Å². The van der Waals surface area contributed by atoms with E-state index < -0.39 is 0 Å². The molecule has 4 heteroatoms. The highest BCUT2D eigenvalue weighted by molar-refractivity contribution is 6.16.